The van der Waals surface area contributed by atoms with Crippen molar-refractivity contribution in [3.05, 3.63) is 36.3 Å². The van der Waals surface area contributed by atoms with Crippen molar-refractivity contribution in [3.8, 4) is 5.75 Å². The van der Waals surface area contributed by atoms with Crippen LogP contribution in [-0.4, -0.2) is 40.8 Å². The first-order chi connectivity index (χ1) is 12.2. The fraction of sp³-hybridized carbons (Fsp3) is 0.500. The lowest BCUT2D eigenvalue weighted by Crippen LogP contribution is -2.66. The van der Waals surface area contributed by atoms with Gasteiger partial charge in [-0.25, -0.2) is 9.18 Å². The maximum absolute atomic E-state index is 13.5. The molecule has 0 unspecified atom stereocenters. The van der Waals surface area contributed by atoms with Crippen LogP contribution >= 0.6 is 0 Å². The molecule has 0 N–H and O–H groups in total. The van der Waals surface area contributed by atoms with E-state index in [0.717, 1.165) is 18.4 Å². The third-order valence-corrected chi connectivity index (χ3v) is 4.98. The van der Waals surface area contributed by atoms with E-state index in [2.05, 4.69) is 4.98 Å². The number of rotatable bonds is 2. The number of halogens is 1. The molecule has 2 fully saturated rings. The molecule has 1 spiro atoms. The van der Waals surface area contributed by atoms with Crippen molar-refractivity contribution >= 4 is 17.0 Å². The number of hydrogen-bond donors (Lipinski definition) is 0. The topological polar surface area (TPSA) is 51.7 Å². The number of carbonyl (C=O) groups is 1. The van der Waals surface area contributed by atoms with Crippen LogP contribution in [0.1, 0.15) is 33.6 Å². The molecule has 138 valence electrons. The van der Waals surface area contributed by atoms with Crippen molar-refractivity contribution in [1.82, 2.24) is 9.88 Å². The van der Waals surface area contributed by atoms with E-state index >= 15 is 0 Å². The van der Waals surface area contributed by atoms with Crippen molar-refractivity contribution in [1.29, 1.82) is 0 Å². The van der Waals surface area contributed by atoms with Crippen LogP contribution in [0.15, 0.2) is 30.5 Å². The predicted octanol–water partition coefficient (Wildman–Crippen LogP) is 4.15. The highest BCUT2D eigenvalue weighted by molar-refractivity contribution is 5.84. The first-order valence-electron chi connectivity index (χ1n) is 8.92. The van der Waals surface area contributed by atoms with Crippen LogP contribution in [0, 0.1) is 11.2 Å². The van der Waals surface area contributed by atoms with Gasteiger partial charge in [0.25, 0.3) is 0 Å². The Morgan fingerprint density at radius 3 is 2.69 bits per heavy atom. The first-order valence-corrected chi connectivity index (χ1v) is 8.92. The molecule has 1 aliphatic carbocycles. The normalized spacial score (nSPS) is 19.2. The standard InChI is InChI=1S/C20H23FN2O3/c1-19(2,3)26-18(24)23-11-20(12-23)9-14(10-20)25-17-6-7-22-16-5-4-13(21)8-15(16)17/h4-8,14H,9-12H2,1-3H3. The van der Waals surface area contributed by atoms with E-state index in [-0.39, 0.29) is 23.4 Å². The number of likely N-dealkylation sites (tertiary alicyclic amines) is 1. The largest absolute Gasteiger partial charge is 0.490 e. The number of carbonyl (C=O) groups excluding carboxylic acids is 1. The number of amides is 1. The number of benzene rings is 1. The second-order valence-corrected chi connectivity index (χ2v) is 8.46. The maximum atomic E-state index is 13.5. The quantitative estimate of drug-likeness (QED) is 0.809. The van der Waals surface area contributed by atoms with Crippen molar-refractivity contribution in [2.24, 2.45) is 5.41 Å². The smallest absolute Gasteiger partial charge is 0.410 e. The van der Waals surface area contributed by atoms with Crippen LogP contribution in [0.3, 0.4) is 0 Å². The zero-order valence-electron chi connectivity index (χ0n) is 15.3. The SMILES string of the molecule is CC(C)(C)OC(=O)N1CC2(CC(Oc3ccnc4ccc(F)cc34)C2)C1. The Bertz CT molecular complexity index is 848. The van der Waals surface area contributed by atoms with Gasteiger partial charge in [0.1, 0.15) is 23.3 Å². The van der Waals surface area contributed by atoms with E-state index in [4.69, 9.17) is 9.47 Å². The number of fused-ring (bicyclic) bond motifs is 1. The first kappa shape index (κ1) is 17.1. The molecule has 0 radical (unpaired) electrons. The van der Waals surface area contributed by atoms with Crippen LogP contribution < -0.4 is 4.74 Å². The predicted molar refractivity (Wildman–Crippen MR) is 95.6 cm³/mol. The van der Waals surface area contributed by atoms with E-state index < -0.39 is 5.60 Å². The lowest BCUT2D eigenvalue weighted by molar-refractivity contribution is -0.116. The minimum atomic E-state index is -0.469. The van der Waals surface area contributed by atoms with Gasteiger partial charge in [-0.2, -0.15) is 0 Å². The molecule has 1 aromatic heterocycles. The van der Waals surface area contributed by atoms with Gasteiger partial charge in [0, 0.05) is 30.1 Å². The van der Waals surface area contributed by atoms with Crippen LogP contribution in [0.5, 0.6) is 5.75 Å². The minimum absolute atomic E-state index is 0.0876. The number of nitrogens with zero attached hydrogens (tertiary/aromatic N) is 2. The molecule has 6 heteroatoms. The van der Waals surface area contributed by atoms with E-state index in [1.54, 1.807) is 23.2 Å². The zero-order valence-corrected chi connectivity index (χ0v) is 15.3. The lowest BCUT2D eigenvalue weighted by atomic mass is 9.62. The van der Waals surface area contributed by atoms with Crippen LogP contribution in [0.2, 0.25) is 0 Å². The molecule has 1 aliphatic heterocycles. The number of ether oxygens (including phenoxy) is 2. The highest BCUT2D eigenvalue weighted by Gasteiger charge is 2.55. The molecule has 0 atom stereocenters. The Balaban J connectivity index is 1.34. The summed E-state index contributed by atoms with van der Waals surface area (Å²) < 4.78 is 25.0. The molecule has 2 aliphatic rings. The Morgan fingerprint density at radius 1 is 1.27 bits per heavy atom. The Kier molecular flexibility index (Phi) is 3.82. The summed E-state index contributed by atoms with van der Waals surface area (Å²) in [6.07, 6.45) is 3.31. The Labute approximate surface area is 152 Å². The van der Waals surface area contributed by atoms with E-state index in [9.17, 15) is 9.18 Å². The molecule has 1 aromatic carbocycles. The second-order valence-electron chi connectivity index (χ2n) is 8.46. The van der Waals surface area contributed by atoms with Crippen molar-refractivity contribution in [2.75, 3.05) is 13.1 Å². The average molecular weight is 358 g/mol. The number of pyridine rings is 1. The molecule has 26 heavy (non-hydrogen) atoms. The van der Waals surface area contributed by atoms with E-state index in [1.165, 1.54) is 12.1 Å². The summed E-state index contributed by atoms with van der Waals surface area (Å²) in [5.41, 5.74) is 0.399. The van der Waals surface area contributed by atoms with Crippen molar-refractivity contribution < 1.29 is 18.7 Å². The molecule has 1 saturated heterocycles. The highest BCUT2D eigenvalue weighted by Crippen LogP contribution is 2.50. The molecule has 4 rings (SSSR count). The van der Waals surface area contributed by atoms with Gasteiger partial charge < -0.3 is 14.4 Å². The molecule has 5 nitrogen and oxygen atoms in total. The van der Waals surface area contributed by atoms with Crippen LogP contribution in [0.25, 0.3) is 10.9 Å². The van der Waals surface area contributed by atoms with Crippen LogP contribution in [-0.2, 0) is 4.74 Å². The summed E-state index contributed by atoms with van der Waals surface area (Å²) in [6, 6.07) is 6.29. The molecule has 2 aromatic rings. The van der Waals surface area contributed by atoms with Crippen molar-refractivity contribution in [3.63, 3.8) is 0 Å². The molecule has 1 amide bonds. The van der Waals surface area contributed by atoms with Crippen molar-refractivity contribution in [2.45, 2.75) is 45.3 Å². The number of hydrogen-bond acceptors (Lipinski definition) is 4. The van der Waals surface area contributed by atoms with Gasteiger partial charge in [0.2, 0.25) is 0 Å². The molecule has 1 saturated carbocycles. The summed E-state index contributed by atoms with van der Waals surface area (Å²) in [5.74, 6) is 0.366. The van der Waals surface area contributed by atoms with E-state index in [0.29, 0.717) is 24.2 Å². The number of aromatic nitrogens is 1. The summed E-state index contributed by atoms with van der Waals surface area (Å²) in [5, 5.41) is 0.692. The monoisotopic (exact) mass is 358 g/mol. The lowest BCUT2D eigenvalue weighted by Gasteiger charge is -2.58. The molecule has 0 bridgehead atoms. The summed E-state index contributed by atoms with van der Waals surface area (Å²) in [6.45, 7) is 7.04. The van der Waals surface area contributed by atoms with Gasteiger partial charge in [-0.05, 0) is 57.9 Å². The fourth-order valence-corrected chi connectivity index (χ4v) is 3.84. The van der Waals surface area contributed by atoms with Crippen LogP contribution in [0.4, 0.5) is 9.18 Å². The molecular formula is C20H23FN2O3. The van der Waals surface area contributed by atoms with Gasteiger partial charge in [-0.15, -0.1) is 0 Å². The fourth-order valence-electron chi connectivity index (χ4n) is 3.84. The summed E-state index contributed by atoms with van der Waals surface area (Å²) >= 11 is 0. The maximum Gasteiger partial charge on any atom is 0.410 e. The van der Waals surface area contributed by atoms with Gasteiger partial charge in [-0.1, -0.05) is 0 Å². The van der Waals surface area contributed by atoms with Gasteiger partial charge in [0.05, 0.1) is 5.52 Å². The summed E-state index contributed by atoms with van der Waals surface area (Å²) in [7, 11) is 0. The highest BCUT2D eigenvalue weighted by atomic mass is 19.1. The second kappa shape index (κ2) is 5.83. The Hall–Kier alpha value is -2.37. The molecule has 2 heterocycles. The molecular weight excluding hydrogens is 335 g/mol. The minimum Gasteiger partial charge on any atom is -0.490 e. The van der Waals surface area contributed by atoms with Gasteiger partial charge in [0.15, 0.2) is 0 Å². The van der Waals surface area contributed by atoms with Gasteiger partial charge in [-0.3, -0.25) is 4.98 Å². The third-order valence-electron chi connectivity index (χ3n) is 4.98. The van der Waals surface area contributed by atoms with E-state index in [1.807, 2.05) is 20.8 Å². The average Bonchev–Trinajstić information content (AvgIpc) is 2.46. The third kappa shape index (κ3) is 3.20. The Morgan fingerprint density at radius 2 is 2.00 bits per heavy atom. The van der Waals surface area contributed by atoms with Gasteiger partial charge >= 0.3 is 6.09 Å². The zero-order chi connectivity index (χ0) is 18.5. The summed E-state index contributed by atoms with van der Waals surface area (Å²) in [4.78, 5) is 18.0.